The van der Waals surface area contributed by atoms with Crippen LogP contribution in [-0.2, 0) is 6.42 Å². The molecule has 0 saturated heterocycles. The number of halogens is 1. The number of aromatic hydroxyl groups is 1. The van der Waals surface area contributed by atoms with Crippen LogP contribution in [0.4, 0.5) is 4.39 Å². The van der Waals surface area contributed by atoms with Crippen molar-refractivity contribution < 1.29 is 14.2 Å². The molecule has 0 amide bonds. The summed E-state index contributed by atoms with van der Waals surface area (Å²) in [7, 11) is 0. The fourth-order valence-corrected chi connectivity index (χ4v) is 1.23. The predicted octanol–water partition coefficient (Wildman–Crippen LogP) is 1.47. The van der Waals surface area contributed by atoms with Crippen molar-refractivity contribution in [2.45, 2.75) is 6.42 Å². The zero-order chi connectivity index (χ0) is 7.84. The fraction of sp³-hybridized carbons (Fsp3) is 0.250. The first-order valence-electron chi connectivity index (χ1n) is 3.41. The number of fused-ring (bicyclic) bond motifs is 1. The molecule has 1 N–H and O–H groups in total. The van der Waals surface area contributed by atoms with Gasteiger partial charge in [0.2, 0.25) is 0 Å². The first kappa shape index (κ1) is 6.46. The second kappa shape index (κ2) is 2.12. The number of phenolic OH excluding ortho intramolecular Hbond substituents is 1. The smallest absolute Gasteiger partial charge is 0.133 e. The summed E-state index contributed by atoms with van der Waals surface area (Å²) in [6.07, 6.45) is 0.599. The molecule has 1 aliphatic rings. The quantitative estimate of drug-likeness (QED) is 0.613. The van der Waals surface area contributed by atoms with Crippen molar-refractivity contribution in [1.29, 1.82) is 0 Å². The summed E-state index contributed by atoms with van der Waals surface area (Å²) in [6, 6.07) is 2.54. The van der Waals surface area contributed by atoms with Gasteiger partial charge in [-0.1, -0.05) is 0 Å². The van der Waals surface area contributed by atoms with Crippen LogP contribution in [0.3, 0.4) is 0 Å². The standard InChI is InChI=1S/C8H7FO2/c9-7-3-5(10)4-8-6(7)1-2-11-8/h3-4,10H,1-2H2. The van der Waals surface area contributed by atoms with Gasteiger partial charge in [0.25, 0.3) is 0 Å². The largest absolute Gasteiger partial charge is 0.508 e. The van der Waals surface area contributed by atoms with E-state index in [0.29, 0.717) is 24.3 Å². The van der Waals surface area contributed by atoms with E-state index < -0.39 is 0 Å². The third-order valence-electron chi connectivity index (χ3n) is 1.75. The topological polar surface area (TPSA) is 29.5 Å². The molecule has 0 spiro atoms. The molecule has 1 aliphatic heterocycles. The van der Waals surface area contributed by atoms with Crippen LogP contribution in [0.1, 0.15) is 5.56 Å². The summed E-state index contributed by atoms with van der Waals surface area (Å²) in [6.45, 7) is 0.510. The molecular weight excluding hydrogens is 147 g/mol. The van der Waals surface area contributed by atoms with E-state index in [1.165, 1.54) is 6.07 Å². The van der Waals surface area contributed by atoms with E-state index in [1.807, 2.05) is 0 Å². The Bertz CT molecular complexity index is 296. The molecule has 11 heavy (non-hydrogen) atoms. The molecule has 2 nitrogen and oxygen atoms in total. The van der Waals surface area contributed by atoms with E-state index in [0.717, 1.165) is 6.07 Å². The number of hydrogen-bond donors (Lipinski definition) is 1. The van der Waals surface area contributed by atoms with Gasteiger partial charge >= 0.3 is 0 Å². The fourth-order valence-electron chi connectivity index (χ4n) is 1.23. The molecule has 0 fully saturated rings. The van der Waals surface area contributed by atoms with E-state index in [4.69, 9.17) is 9.84 Å². The second-order valence-corrected chi connectivity index (χ2v) is 2.50. The highest BCUT2D eigenvalue weighted by atomic mass is 19.1. The molecule has 0 bridgehead atoms. The van der Waals surface area contributed by atoms with Crippen molar-refractivity contribution in [3.8, 4) is 11.5 Å². The van der Waals surface area contributed by atoms with Crippen molar-refractivity contribution in [2.75, 3.05) is 6.61 Å². The molecule has 2 rings (SSSR count). The van der Waals surface area contributed by atoms with Crippen molar-refractivity contribution in [2.24, 2.45) is 0 Å². The lowest BCUT2D eigenvalue weighted by Gasteiger charge is -1.99. The summed E-state index contributed by atoms with van der Waals surface area (Å²) in [5.41, 5.74) is 0.572. The summed E-state index contributed by atoms with van der Waals surface area (Å²) >= 11 is 0. The van der Waals surface area contributed by atoms with Crippen LogP contribution < -0.4 is 4.74 Å². The zero-order valence-corrected chi connectivity index (χ0v) is 5.80. The Kier molecular flexibility index (Phi) is 1.24. The normalized spacial score (nSPS) is 14.3. The third kappa shape index (κ3) is 0.926. The van der Waals surface area contributed by atoms with E-state index in [2.05, 4.69) is 0 Å². The van der Waals surface area contributed by atoms with Crippen molar-refractivity contribution in [1.82, 2.24) is 0 Å². The average Bonchev–Trinajstić information content (AvgIpc) is 2.34. The number of rotatable bonds is 0. The van der Waals surface area contributed by atoms with Crippen LogP contribution in [-0.4, -0.2) is 11.7 Å². The maximum absolute atomic E-state index is 12.9. The molecule has 1 aromatic carbocycles. The predicted molar refractivity (Wildman–Crippen MR) is 37.3 cm³/mol. The molecule has 0 radical (unpaired) electrons. The Morgan fingerprint density at radius 3 is 3.09 bits per heavy atom. The molecule has 0 aliphatic carbocycles. The number of phenols is 1. The van der Waals surface area contributed by atoms with Gasteiger partial charge in [-0.15, -0.1) is 0 Å². The Morgan fingerprint density at radius 1 is 1.45 bits per heavy atom. The summed E-state index contributed by atoms with van der Waals surface area (Å²) < 4.78 is 18.0. The Balaban J connectivity index is 2.60. The third-order valence-corrected chi connectivity index (χ3v) is 1.75. The SMILES string of the molecule is Oc1cc(F)c2c(c1)OCC2. The summed E-state index contributed by atoms with van der Waals surface area (Å²) in [5, 5.41) is 8.96. The Hall–Kier alpha value is -1.25. The maximum Gasteiger partial charge on any atom is 0.133 e. The molecule has 58 valence electrons. The lowest BCUT2D eigenvalue weighted by molar-refractivity contribution is 0.354. The van der Waals surface area contributed by atoms with Gasteiger partial charge < -0.3 is 9.84 Å². The van der Waals surface area contributed by atoms with E-state index >= 15 is 0 Å². The van der Waals surface area contributed by atoms with Crippen LogP contribution in [0.25, 0.3) is 0 Å². The minimum atomic E-state index is -0.377. The maximum atomic E-state index is 12.9. The molecular formula is C8H7FO2. The number of benzene rings is 1. The highest BCUT2D eigenvalue weighted by molar-refractivity contribution is 5.43. The monoisotopic (exact) mass is 154 g/mol. The van der Waals surface area contributed by atoms with Gasteiger partial charge in [-0.25, -0.2) is 4.39 Å². The first-order valence-corrected chi connectivity index (χ1v) is 3.41. The molecule has 1 aromatic rings. The lowest BCUT2D eigenvalue weighted by atomic mass is 10.1. The minimum absolute atomic E-state index is 0.0804. The molecule has 0 atom stereocenters. The molecule has 0 unspecified atom stereocenters. The summed E-state index contributed by atoms with van der Waals surface area (Å²) in [4.78, 5) is 0. The number of ether oxygens (including phenoxy) is 1. The van der Waals surface area contributed by atoms with Crippen molar-refractivity contribution >= 4 is 0 Å². The van der Waals surface area contributed by atoms with Gasteiger partial charge in [0, 0.05) is 24.1 Å². The highest BCUT2D eigenvalue weighted by Gasteiger charge is 2.17. The van der Waals surface area contributed by atoms with E-state index in [-0.39, 0.29) is 11.6 Å². The second-order valence-electron chi connectivity index (χ2n) is 2.50. The summed E-state index contributed by atoms with van der Waals surface area (Å²) in [5.74, 6) is 0.0168. The molecule has 3 heteroatoms. The zero-order valence-electron chi connectivity index (χ0n) is 5.80. The molecule has 0 saturated carbocycles. The van der Waals surface area contributed by atoms with Crippen LogP contribution in [0, 0.1) is 5.82 Å². The van der Waals surface area contributed by atoms with Gasteiger partial charge in [0.15, 0.2) is 0 Å². The van der Waals surface area contributed by atoms with Gasteiger partial charge in [-0.3, -0.25) is 0 Å². The molecule has 1 heterocycles. The Morgan fingerprint density at radius 2 is 2.27 bits per heavy atom. The van der Waals surface area contributed by atoms with Crippen LogP contribution in [0.15, 0.2) is 12.1 Å². The van der Waals surface area contributed by atoms with Gasteiger partial charge in [-0.2, -0.15) is 0 Å². The lowest BCUT2D eigenvalue weighted by Crippen LogP contribution is -1.86. The van der Waals surface area contributed by atoms with E-state index in [9.17, 15) is 4.39 Å². The van der Waals surface area contributed by atoms with Crippen molar-refractivity contribution in [3.05, 3.63) is 23.5 Å². The molecule has 0 aromatic heterocycles. The first-order chi connectivity index (χ1) is 5.27. The van der Waals surface area contributed by atoms with Crippen LogP contribution in [0.2, 0.25) is 0 Å². The average molecular weight is 154 g/mol. The minimum Gasteiger partial charge on any atom is -0.508 e. The van der Waals surface area contributed by atoms with Gasteiger partial charge in [0.05, 0.1) is 6.61 Å². The number of hydrogen-bond acceptors (Lipinski definition) is 2. The van der Waals surface area contributed by atoms with Crippen molar-refractivity contribution in [3.63, 3.8) is 0 Å². The Labute approximate surface area is 63.2 Å². The van der Waals surface area contributed by atoms with Crippen LogP contribution in [0.5, 0.6) is 11.5 Å². The van der Waals surface area contributed by atoms with Crippen LogP contribution >= 0.6 is 0 Å². The highest BCUT2D eigenvalue weighted by Crippen LogP contribution is 2.31. The van der Waals surface area contributed by atoms with E-state index in [1.54, 1.807) is 0 Å². The van der Waals surface area contributed by atoms with Gasteiger partial charge in [0.1, 0.15) is 17.3 Å². The van der Waals surface area contributed by atoms with Gasteiger partial charge in [-0.05, 0) is 0 Å².